The van der Waals surface area contributed by atoms with Gasteiger partial charge in [-0.3, -0.25) is 9.78 Å². The minimum absolute atomic E-state index is 0.0794. The van der Waals surface area contributed by atoms with Gasteiger partial charge in [-0.15, -0.1) is 0 Å². The van der Waals surface area contributed by atoms with Crippen LogP contribution in [0.2, 0.25) is 0 Å². The molecule has 0 unspecified atom stereocenters. The highest BCUT2D eigenvalue weighted by atomic mass is 16.1. The molecule has 0 saturated carbocycles. The first kappa shape index (κ1) is 16.7. The number of aromatic nitrogens is 1. The van der Waals surface area contributed by atoms with Crippen molar-refractivity contribution in [1.82, 2.24) is 10.3 Å². The van der Waals surface area contributed by atoms with Crippen LogP contribution in [0, 0.1) is 0 Å². The molecule has 0 radical (unpaired) electrons. The number of benzene rings is 2. The summed E-state index contributed by atoms with van der Waals surface area (Å²) in [7, 11) is 4.01. The molecule has 1 heterocycles. The Kier molecular flexibility index (Phi) is 5.09. The summed E-state index contributed by atoms with van der Waals surface area (Å²) in [6, 6.07) is 21.4. The van der Waals surface area contributed by atoms with Crippen LogP contribution >= 0.6 is 0 Å². The number of anilines is 1. The summed E-state index contributed by atoms with van der Waals surface area (Å²) in [4.78, 5) is 18.7. The zero-order valence-corrected chi connectivity index (χ0v) is 14.4. The van der Waals surface area contributed by atoms with E-state index in [0.29, 0.717) is 12.1 Å². The number of amides is 1. The number of nitrogens with zero attached hydrogens (tertiary/aromatic N) is 2. The molecule has 0 spiro atoms. The average molecular weight is 331 g/mol. The molecular formula is C21H21N3O. The summed E-state index contributed by atoms with van der Waals surface area (Å²) >= 11 is 0. The fraction of sp³-hybridized carbons (Fsp3) is 0.143. The number of rotatable bonds is 5. The maximum absolute atomic E-state index is 12.3. The second kappa shape index (κ2) is 7.62. The number of hydrogen-bond donors (Lipinski definition) is 1. The van der Waals surface area contributed by atoms with Crippen molar-refractivity contribution in [2.45, 2.75) is 6.54 Å². The van der Waals surface area contributed by atoms with Crippen LogP contribution in [0.15, 0.2) is 72.9 Å². The van der Waals surface area contributed by atoms with Crippen LogP contribution in [-0.2, 0) is 6.54 Å². The highest BCUT2D eigenvalue weighted by molar-refractivity contribution is 5.94. The summed E-state index contributed by atoms with van der Waals surface area (Å²) in [5.74, 6) is -0.0794. The molecule has 1 N–H and O–H groups in total. The number of carbonyl (C=O) groups excluding carboxylic acids is 1. The minimum atomic E-state index is -0.0794. The fourth-order valence-corrected chi connectivity index (χ4v) is 2.52. The molecule has 4 heteroatoms. The van der Waals surface area contributed by atoms with E-state index < -0.39 is 0 Å². The van der Waals surface area contributed by atoms with Crippen LogP contribution in [0.25, 0.3) is 11.3 Å². The molecule has 0 fully saturated rings. The Morgan fingerprint density at radius 2 is 1.68 bits per heavy atom. The summed E-state index contributed by atoms with van der Waals surface area (Å²) in [5, 5.41) is 2.95. The van der Waals surface area contributed by atoms with Crippen LogP contribution in [0.3, 0.4) is 0 Å². The van der Waals surface area contributed by atoms with Gasteiger partial charge >= 0.3 is 0 Å². The summed E-state index contributed by atoms with van der Waals surface area (Å²) in [6.07, 6.45) is 1.76. The van der Waals surface area contributed by atoms with Gasteiger partial charge in [0.15, 0.2) is 0 Å². The molecule has 126 valence electrons. The number of carbonyl (C=O) groups is 1. The molecule has 1 amide bonds. The standard InChI is InChI=1S/C21H21N3O/c1-24(2)19-12-6-16(7-13-19)15-23-21(25)18-10-8-17(9-11-18)20-5-3-4-14-22-20/h3-14H,15H2,1-2H3,(H,23,25). The SMILES string of the molecule is CN(C)c1ccc(CNC(=O)c2ccc(-c3ccccn3)cc2)cc1. The van der Waals surface area contributed by atoms with Gasteiger partial charge in [0.25, 0.3) is 5.91 Å². The first-order valence-electron chi connectivity index (χ1n) is 8.19. The molecule has 0 bridgehead atoms. The maximum atomic E-state index is 12.3. The van der Waals surface area contributed by atoms with E-state index >= 15 is 0 Å². The predicted molar refractivity (Wildman–Crippen MR) is 102 cm³/mol. The lowest BCUT2D eigenvalue weighted by molar-refractivity contribution is 0.0951. The van der Waals surface area contributed by atoms with Crippen molar-refractivity contribution < 1.29 is 4.79 Å². The Labute approximate surface area is 148 Å². The molecule has 0 aliphatic heterocycles. The van der Waals surface area contributed by atoms with E-state index in [-0.39, 0.29) is 5.91 Å². The van der Waals surface area contributed by atoms with E-state index in [1.165, 1.54) is 0 Å². The first-order valence-corrected chi connectivity index (χ1v) is 8.19. The highest BCUT2D eigenvalue weighted by Gasteiger charge is 2.06. The Morgan fingerprint density at radius 1 is 0.960 bits per heavy atom. The highest BCUT2D eigenvalue weighted by Crippen LogP contribution is 2.17. The van der Waals surface area contributed by atoms with Gasteiger partial charge in [-0.25, -0.2) is 0 Å². The zero-order chi connectivity index (χ0) is 17.6. The summed E-state index contributed by atoms with van der Waals surface area (Å²) in [5.41, 5.74) is 4.75. The second-order valence-electron chi connectivity index (χ2n) is 6.04. The van der Waals surface area contributed by atoms with E-state index in [2.05, 4.69) is 10.3 Å². The van der Waals surface area contributed by atoms with E-state index in [1.807, 2.05) is 85.7 Å². The topological polar surface area (TPSA) is 45.2 Å². The molecule has 3 rings (SSSR count). The lowest BCUT2D eigenvalue weighted by Gasteiger charge is -2.13. The monoisotopic (exact) mass is 331 g/mol. The molecule has 25 heavy (non-hydrogen) atoms. The van der Waals surface area contributed by atoms with Crippen molar-refractivity contribution in [3.8, 4) is 11.3 Å². The third-order valence-corrected chi connectivity index (χ3v) is 4.01. The minimum Gasteiger partial charge on any atom is -0.378 e. The van der Waals surface area contributed by atoms with Gasteiger partial charge in [-0.05, 0) is 42.0 Å². The lowest BCUT2D eigenvalue weighted by Crippen LogP contribution is -2.22. The van der Waals surface area contributed by atoms with Crippen molar-refractivity contribution in [2.75, 3.05) is 19.0 Å². The van der Waals surface area contributed by atoms with Crippen molar-refractivity contribution in [2.24, 2.45) is 0 Å². The van der Waals surface area contributed by atoms with E-state index in [0.717, 1.165) is 22.5 Å². The molecule has 0 atom stereocenters. The Morgan fingerprint density at radius 3 is 2.28 bits per heavy atom. The number of pyridine rings is 1. The van der Waals surface area contributed by atoms with Crippen LogP contribution < -0.4 is 10.2 Å². The van der Waals surface area contributed by atoms with E-state index in [1.54, 1.807) is 6.20 Å². The molecule has 4 nitrogen and oxygen atoms in total. The van der Waals surface area contributed by atoms with Gasteiger partial charge in [0.1, 0.15) is 0 Å². The molecule has 2 aromatic carbocycles. The lowest BCUT2D eigenvalue weighted by atomic mass is 10.1. The van der Waals surface area contributed by atoms with Gasteiger partial charge in [0.05, 0.1) is 5.69 Å². The van der Waals surface area contributed by atoms with Gasteiger partial charge in [-0.1, -0.05) is 30.3 Å². The largest absolute Gasteiger partial charge is 0.378 e. The fourth-order valence-electron chi connectivity index (χ4n) is 2.52. The molecule has 1 aromatic heterocycles. The zero-order valence-electron chi connectivity index (χ0n) is 14.4. The maximum Gasteiger partial charge on any atom is 0.251 e. The Bertz CT molecular complexity index is 825. The number of hydrogen-bond acceptors (Lipinski definition) is 3. The molecule has 0 saturated heterocycles. The van der Waals surface area contributed by atoms with Crippen molar-refractivity contribution in [3.05, 3.63) is 84.1 Å². The van der Waals surface area contributed by atoms with Crippen molar-refractivity contribution in [1.29, 1.82) is 0 Å². The summed E-state index contributed by atoms with van der Waals surface area (Å²) in [6.45, 7) is 0.508. The van der Waals surface area contributed by atoms with Gasteiger partial charge in [-0.2, -0.15) is 0 Å². The molecule has 0 aliphatic carbocycles. The summed E-state index contributed by atoms with van der Waals surface area (Å²) < 4.78 is 0. The van der Waals surface area contributed by atoms with Gasteiger partial charge in [0, 0.05) is 43.7 Å². The third kappa shape index (κ3) is 4.23. The Hall–Kier alpha value is -3.14. The smallest absolute Gasteiger partial charge is 0.251 e. The normalized spacial score (nSPS) is 10.3. The van der Waals surface area contributed by atoms with Crippen LogP contribution in [0.4, 0.5) is 5.69 Å². The van der Waals surface area contributed by atoms with E-state index in [9.17, 15) is 4.79 Å². The molecule has 3 aromatic rings. The van der Waals surface area contributed by atoms with Crippen LogP contribution in [0.1, 0.15) is 15.9 Å². The third-order valence-electron chi connectivity index (χ3n) is 4.01. The van der Waals surface area contributed by atoms with Crippen LogP contribution in [0.5, 0.6) is 0 Å². The quantitative estimate of drug-likeness (QED) is 0.774. The van der Waals surface area contributed by atoms with Crippen molar-refractivity contribution >= 4 is 11.6 Å². The Balaban J connectivity index is 1.61. The molecular weight excluding hydrogens is 310 g/mol. The second-order valence-corrected chi connectivity index (χ2v) is 6.04. The van der Waals surface area contributed by atoms with Gasteiger partial charge < -0.3 is 10.2 Å². The van der Waals surface area contributed by atoms with Crippen LogP contribution in [-0.4, -0.2) is 25.0 Å². The molecule has 0 aliphatic rings. The predicted octanol–water partition coefficient (Wildman–Crippen LogP) is 3.74. The van der Waals surface area contributed by atoms with E-state index in [4.69, 9.17) is 0 Å². The van der Waals surface area contributed by atoms with Crippen molar-refractivity contribution in [3.63, 3.8) is 0 Å². The first-order chi connectivity index (χ1) is 12.1. The number of nitrogens with one attached hydrogen (secondary N) is 1. The average Bonchev–Trinajstić information content (AvgIpc) is 2.67. The van der Waals surface area contributed by atoms with Gasteiger partial charge in [0.2, 0.25) is 0 Å².